The van der Waals surface area contributed by atoms with Gasteiger partial charge < -0.3 is 10.2 Å². The van der Waals surface area contributed by atoms with Gasteiger partial charge >= 0.3 is 11.9 Å². The number of hydrogen-bond donors (Lipinski definition) is 2. The Labute approximate surface area is 106 Å². The molecule has 0 heterocycles. The molecule has 2 bridgehead atoms. The van der Waals surface area contributed by atoms with Crippen molar-refractivity contribution in [3.63, 3.8) is 0 Å². The molecule has 100 valence electrons. The summed E-state index contributed by atoms with van der Waals surface area (Å²) in [5.74, 6) is 1.90. The average molecular weight is 252 g/mol. The van der Waals surface area contributed by atoms with Crippen molar-refractivity contribution >= 4 is 11.9 Å². The Bertz CT molecular complexity index is 378. The molecule has 0 aromatic carbocycles. The maximum absolute atomic E-state index is 10.9. The molecule has 0 aliphatic heterocycles. The van der Waals surface area contributed by atoms with Crippen LogP contribution in [-0.2, 0) is 9.59 Å². The molecular weight excluding hydrogens is 232 g/mol. The summed E-state index contributed by atoms with van der Waals surface area (Å²) < 4.78 is 0. The summed E-state index contributed by atoms with van der Waals surface area (Å²) in [5, 5.41) is 17.8. The van der Waals surface area contributed by atoms with Crippen LogP contribution in [0.4, 0.5) is 0 Å². The third kappa shape index (κ3) is 1.91. The van der Waals surface area contributed by atoms with Crippen LogP contribution in [0.5, 0.6) is 0 Å². The van der Waals surface area contributed by atoms with Crippen molar-refractivity contribution in [2.75, 3.05) is 0 Å². The average Bonchev–Trinajstić information content (AvgIpc) is 2.85. The first-order valence-corrected chi connectivity index (χ1v) is 6.98. The van der Waals surface area contributed by atoms with Crippen LogP contribution in [0.25, 0.3) is 0 Å². The van der Waals surface area contributed by atoms with Crippen LogP contribution in [0, 0.1) is 35.5 Å². The Balaban J connectivity index is 1.65. The second-order valence-electron chi connectivity index (χ2n) is 6.52. The summed E-state index contributed by atoms with van der Waals surface area (Å²) in [6.07, 6.45) is 4.97. The maximum atomic E-state index is 10.9. The lowest BCUT2D eigenvalue weighted by Gasteiger charge is -2.30. The highest BCUT2D eigenvalue weighted by atomic mass is 16.4. The van der Waals surface area contributed by atoms with Crippen LogP contribution in [0.3, 0.4) is 0 Å². The van der Waals surface area contributed by atoms with Crippen molar-refractivity contribution < 1.29 is 19.8 Å². The van der Waals surface area contributed by atoms with Crippen molar-refractivity contribution in [2.24, 2.45) is 35.5 Å². The van der Waals surface area contributed by atoms with E-state index in [0.717, 1.165) is 19.3 Å². The highest BCUT2D eigenvalue weighted by molar-refractivity contribution is 5.67. The summed E-state index contributed by atoms with van der Waals surface area (Å²) in [4.78, 5) is 21.6. The lowest BCUT2D eigenvalue weighted by Crippen LogP contribution is -2.25. The first kappa shape index (κ1) is 12.0. The number of fused-ring (bicyclic) bond motifs is 5. The number of aliphatic carboxylic acids is 2. The van der Waals surface area contributed by atoms with E-state index in [1.54, 1.807) is 0 Å². The normalized spacial score (nSPS) is 45.1. The smallest absolute Gasteiger partial charge is 0.303 e. The summed E-state index contributed by atoms with van der Waals surface area (Å²) in [6, 6.07) is 0. The van der Waals surface area contributed by atoms with E-state index in [1.807, 2.05) is 0 Å². The molecule has 0 saturated heterocycles. The van der Waals surface area contributed by atoms with Crippen molar-refractivity contribution in [2.45, 2.75) is 38.5 Å². The lowest BCUT2D eigenvalue weighted by molar-refractivity contribution is -0.139. The van der Waals surface area contributed by atoms with Gasteiger partial charge in [-0.1, -0.05) is 0 Å². The first-order valence-electron chi connectivity index (χ1n) is 6.98. The third-order valence-corrected chi connectivity index (χ3v) is 5.60. The van der Waals surface area contributed by atoms with Gasteiger partial charge in [0, 0.05) is 12.8 Å². The van der Waals surface area contributed by atoms with Crippen LogP contribution in [0.15, 0.2) is 0 Å². The molecule has 3 aliphatic rings. The summed E-state index contributed by atoms with van der Waals surface area (Å²) >= 11 is 0. The molecular formula is C14H20O4. The van der Waals surface area contributed by atoms with Gasteiger partial charge in [-0.2, -0.15) is 0 Å². The van der Waals surface area contributed by atoms with Gasteiger partial charge in [-0.25, -0.2) is 0 Å². The summed E-state index contributed by atoms with van der Waals surface area (Å²) in [5.41, 5.74) is 0. The minimum Gasteiger partial charge on any atom is -0.481 e. The van der Waals surface area contributed by atoms with Crippen molar-refractivity contribution in [1.29, 1.82) is 0 Å². The minimum absolute atomic E-state index is 0.302. The van der Waals surface area contributed by atoms with E-state index in [0.29, 0.717) is 48.3 Å². The van der Waals surface area contributed by atoms with Crippen molar-refractivity contribution in [1.82, 2.24) is 0 Å². The third-order valence-electron chi connectivity index (χ3n) is 5.60. The second kappa shape index (κ2) is 4.25. The van der Waals surface area contributed by atoms with E-state index in [-0.39, 0.29) is 0 Å². The molecule has 0 spiro atoms. The Hall–Kier alpha value is -1.06. The summed E-state index contributed by atoms with van der Waals surface area (Å²) in [7, 11) is 0. The van der Waals surface area contributed by atoms with E-state index in [1.165, 1.54) is 6.42 Å². The van der Waals surface area contributed by atoms with E-state index >= 15 is 0 Å². The van der Waals surface area contributed by atoms with Gasteiger partial charge in [0.05, 0.1) is 0 Å². The first-order chi connectivity index (χ1) is 8.54. The Kier molecular flexibility index (Phi) is 2.83. The van der Waals surface area contributed by atoms with Gasteiger partial charge in [0.25, 0.3) is 0 Å². The fourth-order valence-electron chi connectivity index (χ4n) is 5.20. The number of hydrogen-bond acceptors (Lipinski definition) is 2. The highest BCUT2D eigenvalue weighted by Gasteiger charge is 2.55. The zero-order valence-corrected chi connectivity index (χ0v) is 10.4. The van der Waals surface area contributed by atoms with Crippen molar-refractivity contribution in [3.8, 4) is 0 Å². The molecule has 18 heavy (non-hydrogen) atoms. The molecule has 6 atom stereocenters. The van der Waals surface area contributed by atoms with Crippen LogP contribution in [-0.4, -0.2) is 22.2 Å². The monoisotopic (exact) mass is 252 g/mol. The van der Waals surface area contributed by atoms with Crippen molar-refractivity contribution in [3.05, 3.63) is 0 Å². The van der Waals surface area contributed by atoms with Gasteiger partial charge in [-0.15, -0.1) is 0 Å². The molecule has 6 unspecified atom stereocenters. The second-order valence-corrected chi connectivity index (χ2v) is 6.52. The molecule has 4 nitrogen and oxygen atoms in total. The van der Waals surface area contributed by atoms with Gasteiger partial charge in [0.1, 0.15) is 0 Å². The predicted octanol–water partition coefficient (Wildman–Crippen LogP) is 2.23. The zero-order chi connectivity index (χ0) is 12.9. The van der Waals surface area contributed by atoms with Gasteiger partial charge in [-0.05, 0) is 61.2 Å². The molecule has 0 amide bonds. The Morgan fingerprint density at radius 3 is 2.17 bits per heavy atom. The number of carboxylic acids is 2. The van der Waals surface area contributed by atoms with Crippen LogP contribution in [0.1, 0.15) is 38.5 Å². The fourth-order valence-corrected chi connectivity index (χ4v) is 5.20. The van der Waals surface area contributed by atoms with Gasteiger partial charge in [0.15, 0.2) is 0 Å². The number of carbonyl (C=O) groups is 2. The molecule has 3 fully saturated rings. The predicted molar refractivity (Wildman–Crippen MR) is 63.9 cm³/mol. The fraction of sp³-hybridized carbons (Fsp3) is 0.857. The number of rotatable bonds is 4. The molecule has 4 heteroatoms. The van der Waals surface area contributed by atoms with E-state index in [9.17, 15) is 9.59 Å². The molecule has 0 aromatic heterocycles. The summed E-state index contributed by atoms with van der Waals surface area (Å²) in [6.45, 7) is 0. The van der Waals surface area contributed by atoms with E-state index in [4.69, 9.17) is 10.2 Å². The zero-order valence-electron chi connectivity index (χ0n) is 10.4. The largest absolute Gasteiger partial charge is 0.481 e. The quantitative estimate of drug-likeness (QED) is 0.804. The topological polar surface area (TPSA) is 74.6 Å². The van der Waals surface area contributed by atoms with E-state index in [2.05, 4.69) is 0 Å². The molecule has 0 radical (unpaired) electrons. The molecule has 3 saturated carbocycles. The standard InChI is InChI=1S/C14H20O4/c15-13(16)3-7-1-10-8-4-9(6-14(17)18)11(5-8)12(10)2-7/h7-12H,1-6H2,(H,15,16)(H,17,18). The van der Waals surface area contributed by atoms with E-state index < -0.39 is 11.9 Å². The maximum Gasteiger partial charge on any atom is 0.303 e. The van der Waals surface area contributed by atoms with Crippen LogP contribution >= 0.6 is 0 Å². The lowest BCUT2D eigenvalue weighted by atomic mass is 9.74. The Morgan fingerprint density at radius 1 is 0.833 bits per heavy atom. The molecule has 2 N–H and O–H groups in total. The molecule has 0 aromatic rings. The molecule has 3 rings (SSSR count). The van der Waals surface area contributed by atoms with Crippen LogP contribution in [0.2, 0.25) is 0 Å². The highest BCUT2D eigenvalue weighted by Crippen LogP contribution is 2.63. The minimum atomic E-state index is -0.686. The van der Waals surface area contributed by atoms with Gasteiger partial charge in [0.2, 0.25) is 0 Å². The SMILES string of the molecule is O=C(O)CC1CC2C3CC(CC(=O)O)C(C3)C2C1. The molecule has 3 aliphatic carbocycles. The van der Waals surface area contributed by atoms with Gasteiger partial charge in [-0.3, -0.25) is 9.59 Å². The Morgan fingerprint density at radius 2 is 1.50 bits per heavy atom. The van der Waals surface area contributed by atoms with Crippen LogP contribution < -0.4 is 0 Å². The number of carboxylic acid groups (broad SMARTS) is 2.